The van der Waals surface area contributed by atoms with Gasteiger partial charge >= 0.3 is 0 Å². The maximum atomic E-state index is 13.1. The highest BCUT2D eigenvalue weighted by atomic mass is 16.5. The zero-order valence-electron chi connectivity index (χ0n) is 16.1. The lowest BCUT2D eigenvalue weighted by molar-refractivity contribution is 0.0731. The fourth-order valence-electron chi connectivity index (χ4n) is 2.63. The van der Waals surface area contributed by atoms with Crippen LogP contribution in [0.2, 0.25) is 0 Å². The minimum atomic E-state index is -0.0166. The van der Waals surface area contributed by atoms with Gasteiger partial charge in [-0.1, -0.05) is 30.3 Å². The Bertz CT molecular complexity index is 702. The molecule has 0 fully saturated rings. The van der Waals surface area contributed by atoms with Crippen LogP contribution < -0.4 is 9.47 Å². The minimum Gasteiger partial charge on any atom is -0.493 e. The summed E-state index contributed by atoms with van der Waals surface area (Å²) in [7, 11) is 5.59. The monoisotopic (exact) mass is 356 g/mol. The Morgan fingerprint density at radius 1 is 1.00 bits per heavy atom. The number of methoxy groups -OCH3 is 1. The first-order valence-electron chi connectivity index (χ1n) is 8.84. The molecule has 0 N–H and O–H groups in total. The lowest BCUT2D eigenvalue weighted by Gasteiger charge is -2.25. The van der Waals surface area contributed by atoms with Crippen LogP contribution in [0.1, 0.15) is 22.8 Å². The van der Waals surface area contributed by atoms with Gasteiger partial charge in [0.2, 0.25) is 0 Å². The zero-order chi connectivity index (χ0) is 18.9. The smallest absolute Gasteiger partial charge is 0.254 e. The van der Waals surface area contributed by atoms with Gasteiger partial charge in [-0.25, -0.2) is 0 Å². The van der Waals surface area contributed by atoms with Gasteiger partial charge in [-0.15, -0.1) is 0 Å². The molecule has 1 amide bonds. The van der Waals surface area contributed by atoms with Gasteiger partial charge in [-0.05, 0) is 44.8 Å². The van der Waals surface area contributed by atoms with Crippen molar-refractivity contribution in [3.63, 3.8) is 0 Å². The third-order valence-corrected chi connectivity index (χ3v) is 4.03. The highest BCUT2D eigenvalue weighted by Crippen LogP contribution is 2.28. The summed E-state index contributed by atoms with van der Waals surface area (Å²) >= 11 is 0. The SMILES string of the molecule is CCOc1ccc(C(=O)N(CCN(C)C)Cc2ccccc2)cc1OC. The normalized spacial score (nSPS) is 10.7. The highest BCUT2D eigenvalue weighted by molar-refractivity contribution is 5.95. The number of amides is 1. The molecule has 0 heterocycles. The molecular weight excluding hydrogens is 328 g/mol. The van der Waals surface area contributed by atoms with Crippen LogP contribution >= 0.6 is 0 Å². The Balaban J connectivity index is 2.24. The first-order valence-corrected chi connectivity index (χ1v) is 8.84. The van der Waals surface area contributed by atoms with E-state index in [1.165, 1.54) is 0 Å². The van der Waals surface area contributed by atoms with Crippen LogP contribution in [0.3, 0.4) is 0 Å². The third-order valence-electron chi connectivity index (χ3n) is 4.03. The van der Waals surface area contributed by atoms with Gasteiger partial charge < -0.3 is 19.3 Å². The summed E-state index contributed by atoms with van der Waals surface area (Å²) in [4.78, 5) is 17.0. The molecular formula is C21H28N2O3. The van der Waals surface area contributed by atoms with Crippen LogP contribution in [-0.4, -0.2) is 56.6 Å². The second-order valence-electron chi connectivity index (χ2n) is 6.31. The molecule has 0 bridgehead atoms. The summed E-state index contributed by atoms with van der Waals surface area (Å²) < 4.78 is 10.9. The lowest BCUT2D eigenvalue weighted by atomic mass is 10.1. The first-order chi connectivity index (χ1) is 12.5. The van der Waals surface area contributed by atoms with Crippen molar-refractivity contribution < 1.29 is 14.3 Å². The standard InChI is InChI=1S/C21H28N2O3/c1-5-26-19-12-11-18(15-20(19)25-4)21(24)23(14-13-22(2)3)16-17-9-7-6-8-10-17/h6-12,15H,5,13-14,16H2,1-4H3. The average Bonchev–Trinajstić information content (AvgIpc) is 2.65. The number of hydrogen-bond donors (Lipinski definition) is 0. The Kier molecular flexibility index (Phi) is 7.48. The molecule has 0 saturated heterocycles. The fourth-order valence-corrected chi connectivity index (χ4v) is 2.63. The van der Waals surface area contributed by atoms with Crippen LogP contribution in [-0.2, 0) is 6.54 Å². The number of rotatable bonds is 9. The van der Waals surface area contributed by atoms with Gasteiger partial charge in [-0.3, -0.25) is 4.79 Å². The van der Waals surface area contributed by atoms with E-state index in [2.05, 4.69) is 4.90 Å². The van der Waals surface area contributed by atoms with Crippen molar-refractivity contribution in [2.24, 2.45) is 0 Å². The Morgan fingerprint density at radius 3 is 2.35 bits per heavy atom. The molecule has 0 unspecified atom stereocenters. The molecule has 140 valence electrons. The number of nitrogens with zero attached hydrogens (tertiary/aromatic N) is 2. The quantitative estimate of drug-likeness (QED) is 0.691. The van der Waals surface area contributed by atoms with E-state index in [4.69, 9.17) is 9.47 Å². The van der Waals surface area contributed by atoms with Crippen molar-refractivity contribution in [2.45, 2.75) is 13.5 Å². The molecule has 5 nitrogen and oxygen atoms in total. The highest BCUT2D eigenvalue weighted by Gasteiger charge is 2.18. The van der Waals surface area contributed by atoms with E-state index < -0.39 is 0 Å². The second-order valence-corrected chi connectivity index (χ2v) is 6.31. The predicted molar refractivity (Wildman–Crippen MR) is 104 cm³/mol. The van der Waals surface area contributed by atoms with E-state index >= 15 is 0 Å². The van der Waals surface area contributed by atoms with Gasteiger partial charge in [0.25, 0.3) is 5.91 Å². The molecule has 0 atom stereocenters. The molecule has 0 aliphatic rings. The number of carbonyl (C=O) groups is 1. The van der Waals surface area contributed by atoms with E-state index in [0.29, 0.717) is 36.8 Å². The van der Waals surface area contributed by atoms with Crippen LogP contribution in [0, 0.1) is 0 Å². The molecule has 0 aliphatic carbocycles. The number of ether oxygens (including phenoxy) is 2. The van der Waals surface area contributed by atoms with Crippen molar-refractivity contribution in [1.29, 1.82) is 0 Å². The summed E-state index contributed by atoms with van der Waals surface area (Å²) in [6.07, 6.45) is 0. The van der Waals surface area contributed by atoms with Crippen molar-refractivity contribution in [2.75, 3.05) is 40.9 Å². The van der Waals surface area contributed by atoms with Gasteiger partial charge in [-0.2, -0.15) is 0 Å². The molecule has 0 saturated carbocycles. The van der Waals surface area contributed by atoms with E-state index in [-0.39, 0.29) is 5.91 Å². The van der Waals surface area contributed by atoms with Gasteiger partial charge in [0.1, 0.15) is 0 Å². The molecule has 2 aromatic rings. The van der Waals surface area contributed by atoms with Crippen LogP contribution in [0.15, 0.2) is 48.5 Å². The molecule has 0 aliphatic heterocycles. The van der Waals surface area contributed by atoms with E-state index in [1.807, 2.05) is 56.3 Å². The number of benzene rings is 2. The predicted octanol–water partition coefficient (Wildman–Crippen LogP) is 3.30. The summed E-state index contributed by atoms with van der Waals surface area (Å²) in [5.41, 5.74) is 1.71. The zero-order valence-corrected chi connectivity index (χ0v) is 16.1. The van der Waals surface area contributed by atoms with Gasteiger partial charge in [0.15, 0.2) is 11.5 Å². The van der Waals surface area contributed by atoms with Gasteiger partial charge in [0, 0.05) is 25.2 Å². The minimum absolute atomic E-state index is 0.0166. The number of carbonyl (C=O) groups excluding carboxylic acids is 1. The van der Waals surface area contributed by atoms with E-state index in [1.54, 1.807) is 25.3 Å². The molecule has 0 aromatic heterocycles. The molecule has 0 radical (unpaired) electrons. The molecule has 2 aromatic carbocycles. The Labute approximate surface area is 156 Å². The second kappa shape index (κ2) is 9.82. The topological polar surface area (TPSA) is 42.0 Å². The van der Waals surface area contributed by atoms with E-state index in [9.17, 15) is 4.79 Å². The van der Waals surface area contributed by atoms with E-state index in [0.717, 1.165) is 12.1 Å². The molecule has 2 rings (SSSR count). The summed E-state index contributed by atoms with van der Waals surface area (Å²) in [6, 6.07) is 15.4. The van der Waals surface area contributed by atoms with Crippen molar-refractivity contribution in [3.8, 4) is 11.5 Å². The summed E-state index contributed by atoms with van der Waals surface area (Å²) in [6.45, 7) is 4.49. The van der Waals surface area contributed by atoms with Crippen LogP contribution in [0.5, 0.6) is 11.5 Å². The maximum Gasteiger partial charge on any atom is 0.254 e. The largest absolute Gasteiger partial charge is 0.493 e. The van der Waals surface area contributed by atoms with Crippen molar-refractivity contribution >= 4 is 5.91 Å². The first kappa shape index (κ1) is 19.8. The number of likely N-dealkylation sites (N-methyl/N-ethyl adjacent to an activating group) is 1. The number of hydrogen-bond acceptors (Lipinski definition) is 4. The lowest BCUT2D eigenvalue weighted by Crippen LogP contribution is -2.36. The van der Waals surface area contributed by atoms with Crippen LogP contribution in [0.4, 0.5) is 0 Å². The third kappa shape index (κ3) is 5.49. The fraction of sp³-hybridized carbons (Fsp3) is 0.381. The maximum absolute atomic E-state index is 13.1. The Hall–Kier alpha value is -2.53. The molecule has 5 heteroatoms. The Morgan fingerprint density at radius 2 is 1.73 bits per heavy atom. The van der Waals surface area contributed by atoms with Crippen molar-refractivity contribution in [1.82, 2.24) is 9.80 Å². The average molecular weight is 356 g/mol. The summed E-state index contributed by atoms with van der Waals surface area (Å²) in [5.74, 6) is 1.21. The van der Waals surface area contributed by atoms with Crippen molar-refractivity contribution in [3.05, 3.63) is 59.7 Å². The van der Waals surface area contributed by atoms with Gasteiger partial charge in [0.05, 0.1) is 13.7 Å². The molecule has 0 spiro atoms. The summed E-state index contributed by atoms with van der Waals surface area (Å²) in [5, 5.41) is 0. The molecule has 26 heavy (non-hydrogen) atoms. The van der Waals surface area contributed by atoms with Crippen LogP contribution in [0.25, 0.3) is 0 Å².